The van der Waals surface area contributed by atoms with E-state index in [9.17, 15) is 0 Å². The molecule has 2 fully saturated rings. The van der Waals surface area contributed by atoms with Gasteiger partial charge in [-0.2, -0.15) is 0 Å². The number of pyridine rings is 2. The quantitative estimate of drug-likeness (QED) is 0.736. The summed E-state index contributed by atoms with van der Waals surface area (Å²) in [4.78, 5) is 19.0. The summed E-state index contributed by atoms with van der Waals surface area (Å²) in [6.07, 6.45) is 8.19. The molecule has 0 unspecified atom stereocenters. The maximum atomic E-state index is 5.80. The Hall–Kier alpha value is -2.47. The highest BCUT2D eigenvalue weighted by Crippen LogP contribution is 2.29. The lowest BCUT2D eigenvalue weighted by Crippen LogP contribution is -2.48. The van der Waals surface area contributed by atoms with Gasteiger partial charge in [0.1, 0.15) is 5.82 Å². The van der Waals surface area contributed by atoms with Gasteiger partial charge in [0.2, 0.25) is 5.88 Å². The lowest BCUT2D eigenvalue weighted by atomic mass is 9.85. The molecule has 158 valence electrons. The molecule has 2 aromatic rings. The summed E-state index contributed by atoms with van der Waals surface area (Å²) >= 11 is 0. The van der Waals surface area contributed by atoms with Crippen molar-refractivity contribution in [1.29, 1.82) is 0 Å². The predicted octanol–water partition coefficient (Wildman–Crippen LogP) is 3.54. The summed E-state index contributed by atoms with van der Waals surface area (Å²) in [6, 6.07) is 6.28. The van der Waals surface area contributed by atoms with Crippen LogP contribution in [0, 0.1) is 5.92 Å². The Labute approximate surface area is 179 Å². The first-order chi connectivity index (χ1) is 14.7. The fourth-order valence-corrected chi connectivity index (χ4v) is 4.55. The zero-order valence-corrected chi connectivity index (χ0v) is 18.0. The van der Waals surface area contributed by atoms with E-state index < -0.39 is 0 Å². The third kappa shape index (κ3) is 4.06. The highest BCUT2D eigenvalue weighted by molar-refractivity contribution is 6.15. The number of hydrogen-bond acceptors (Lipinski definition) is 6. The third-order valence-corrected chi connectivity index (χ3v) is 6.44. The van der Waals surface area contributed by atoms with Crippen LogP contribution in [-0.4, -0.2) is 59.4 Å². The first-order valence-electron chi connectivity index (χ1n) is 11.3. The van der Waals surface area contributed by atoms with Gasteiger partial charge < -0.3 is 9.64 Å². The minimum atomic E-state index is 0.104. The van der Waals surface area contributed by atoms with Crippen LogP contribution >= 0.6 is 0 Å². The van der Waals surface area contributed by atoms with Crippen LogP contribution in [0.1, 0.15) is 49.8 Å². The van der Waals surface area contributed by atoms with Gasteiger partial charge in [0, 0.05) is 67.9 Å². The Morgan fingerprint density at radius 1 is 1.10 bits per heavy atom. The number of rotatable bonds is 6. The van der Waals surface area contributed by atoms with Gasteiger partial charge >= 0.3 is 0 Å². The molecule has 3 aliphatic rings. The van der Waals surface area contributed by atoms with E-state index in [1.165, 1.54) is 25.8 Å². The number of fused-ring (bicyclic) bond motifs is 1. The second-order valence-electron chi connectivity index (χ2n) is 9.00. The highest BCUT2D eigenvalue weighted by atomic mass is 16.5. The van der Waals surface area contributed by atoms with E-state index in [-0.39, 0.29) is 6.10 Å². The van der Waals surface area contributed by atoms with Gasteiger partial charge in [-0.3, -0.25) is 9.89 Å². The average Bonchev–Trinajstić information content (AvgIpc) is 3.14. The number of ether oxygens (including phenoxy) is 1. The second-order valence-corrected chi connectivity index (χ2v) is 9.00. The summed E-state index contributed by atoms with van der Waals surface area (Å²) in [6.45, 7) is 10.4. The number of aromatic nitrogens is 2. The summed E-state index contributed by atoms with van der Waals surface area (Å²) in [5.41, 5.74) is 4.43. The molecule has 0 atom stereocenters. The first-order valence-corrected chi connectivity index (χ1v) is 11.3. The fraction of sp³-hybridized carbons (Fsp3) is 0.542. The molecule has 0 aromatic carbocycles. The van der Waals surface area contributed by atoms with Crippen LogP contribution in [0.3, 0.4) is 0 Å². The summed E-state index contributed by atoms with van der Waals surface area (Å²) in [7, 11) is 0. The van der Waals surface area contributed by atoms with Gasteiger partial charge in [0.25, 0.3) is 0 Å². The van der Waals surface area contributed by atoms with Gasteiger partial charge in [-0.25, -0.2) is 9.97 Å². The van der Waals surface area contributed by atoms with Crippen molar-refractivity contribution in [3.8, 4) is 5.88 Å². The molecule has 2 aliphatic heterocycles. The summed E-state index contributed by atoms with van der Waals surface area (Å²) < 4.78 is 5.80. The van der Waals surface area contributed by atoms with Crippen LogP contribution in [0.2, 0.25) is 0 Å². The van der Waals surface area contributed by atoms with Crippen LogP contribution in [0.25, 0.3) is 0 Å². The standard InChI is InChI=1S/C24H31N5O/c1-17(2)30-23-13-21-20(14-26-23)15-27-24(21)19-6-7-25-22(12-19)29-10-8-28(9-11-29)16-18-4-3-5-18/h6-7,12-14,17-18H,3-5,8-11,15-16H2,1-2H3. The molecule has 0 amide bonds. The second kappa shape index (κ2) is 8.34. The van der Waals surface area contributed by atoms with E-state index in [1.807, 2.05) is 32.3 Å². The van der Waals surface area contributed by atoms with Crippen molar-refractivity contribution >= 4 is 11.5 Å². The maximum absolute atomic E-state index is 5.80. The van der Waals surface area contributed by atoms with Crippen LogP contribution in [0.5, 0.6) is 5.88 Å². The molecule has 1 saturated carbocycles. The van der Waals surface area contributed by atoms with Crippen LogP contribution in [0.4, 0.5) is 5.82 Å². The molecule has 2 aromatic heterocycles. The number of anilines is 1. The molecule has 0 bridgehead atoms. The molecule has 5 rings (SSSR count). The fourth-order valence-electron chi connectivity index (χ4n) is 4.55. The van der Waals surface area contributed by atoms with E-state index in [4.69, 9.17) is 9.73 Å². The maximum Gasteiger partial charge on any atom is 0.214 e. The topological polar surface area (TPSA) is 53.9 Å². The van der Waals surface area contributed by atoms with Crippen LogP contribution in [-0.2, 0) is 6.54 Å². The zero-order valence-electron chi connectivity index (χ0n) is 18.0. The van der Waals surface area contributed by atoms with E-state index in [0.717, 1.165) is 60.3 Å². The third-order valence-electron chi connectivity index (χ3n) is 6.44. The van der Waals surface area contributed by atoms with Crippen LogP contribution in [0.15, 0.2) is 35.6 Å². The van der Waals surface area contributed by atoms with Gasteiger partial charge in [-0.1, -0.05) is 6.42 Å². The minimum Gasteiger partial charge on any atom is -0.475 e. The number of hydrogen-bond donors (Lipinski definition) is 0. The molecule has 0 N–H and O–H groups in total. The molecular weight excluding hydrogens is 374 g/mol. The zero-order chi connectivity index (χ0) is 20.5. The molecule has 0 spiro atoms. The number of aliphatic imine (C=N–C) groups is 1. The Morgan fingerprint density at radius 2 is 1.93 bits per heavy atom. The molecular formula is C24H31N5O. The molecule has 6 nitrogen and oxygen atoms in total. The van der Waals surface area contributed by atoms with E-state index in [0.29, 0.717) is 12.4 Å². The molecule has 1 saturated heterocycles. The Bertz CT molecular complexity index is 929. The first kappa shape index (κ1) is 19.5. The average molecular weight is 406 g/mol. The van der Waals surface area contributed by atoms with Gasteiger partial charge in [0.15, 0.2) is 0 Å². The number of piperazine rings is 1. The van der Waals surface area contributed by atoms with Crippen molar-refractivity contribution in [2.75, 3.05) is 37.6 Å². The normalized spacial score (nSPS) is 19.6. The molecule has 0 radical (unpaired) electrons. The molecule has 4 heterocycles. The van der Waals surface area contributed by atoms with E-state index in [1.54, 1.807) is 0 Å². The lowest BCUT2D eigenvalue weighted by Gasteiger charge is -2.39. The summed E-state index contributed by atoms with van der Waals surface area (Å²) in [5.74, 6) is 2.66. The Balaban J connectivity index is 1.29. The molecule has 6 heteroatoms. The van der Waals surface area contributed by atoms with Crippen molar-refractivity contribution in [3.63, 3.8) is 0 Å². The predicted molar refractivity (Wildman–Crippen MR) is 120 cm³/mol. The summed E-state index contributed by atoms with van der Waals surface area (Å²) in [5, 5.41) is 0. The van der Waals surface area contributed by atoms with E-state index >= 15 is 0 Å². The largest absolute Gasteiger partial charge is 0.475 e. The Kier molecular flexibility index (Phi) is 5.42. The monoisotopic (exact) mass is 405 g/mol. The van der Waals surface area contributed by atoms with Gasteiger partial charge in [-0.05, 0) is 44.7 Å². The van der Waals surface area contributed by atoms with Crippen molar-refractivity contribution in [2.24, 2.45) is 10.9 Å². The van der Waals surface area contributed by atoms with Crippen LogP contribution < -0.4 is 9.64 Å². The van der Waals surface area contributed by atoms with Gasteiger partial charge in [0.05, 0.1) is 18.4 Å². The van der Waals surface area contributed by atoms with Crippen molar-refractivity contribution in [2.45, 2.75) is 45.8 Å². The van der Waals surface area contributed by atoms with Crippen molar-refractivity contribution in [3.05, 3.63) is 47.3 Å². The Morgan fingerprint density at radius 3 is 2.67 bits per heavy atom. The molecule has 1 aliphatic carbocycles. The van der Waals surface area contributed by atoms with Gasteiger partial charge in [-0.15, -0.1) is 0 Å². The lowest BCUT2D eigenvalue weighted by molar-refractivity contribution is 0.170. The minimum absolute atomic E-state index is 0.104. The molecule has 30 heavy (non-hydrogen) atoms. The van der Waals surface area contributed by atoms with E-state index in [2.05, 4.69) is 31.9 Å². The highest BCUT2D eigenvalue weighted by Gasteiger charge is 2.25. The smallest absolute Gasteiger partial charge is 0.214 e. The van der Waals surface area contributed by atoms with Crippen molar-refractivity contribution in [1.82, 2.24) is 14.9 Å². The SMILES string of the molecule is CC(C)Oc1cc2c(cn1)CN=C2c1ccnc(N2CCN(CC3CCC3)CC2)c1. The van der Waals surface area contributed by atoms with Crippen molar-refractivity contribution < 1.29 is 4.74 Å². The number of nitrogens with zero attached hydrogens (tertiary/aromatic N) is 5.